The number of aromatic nitrogens is 4. The first-order chi connectivity index (χ1) is 18.1. The zero-order chi connectivity index (χ0) is 25.4. The Morgan fingerprint density at radius 3 is 2.54 bits per heavy atom. The van der Waals surface area contributed by atoms with Crippen LogP contribution in [0, 0.1) is 0 Å². The number of imidazole rings is 1. The standard InChI is InChI=1S/C29H31N7O/c1-2-26(37)32-21-13-16-35(17-14-21)18-19-5-9-22(10-6-19)36-28(23-4-3-15-31-27(23)30)34-25-12-11-24(20-7-8-20)33-29(25)36/h2-6,9-12,15,20-21H,1,7-8,13-14,16-18H2,(H2,30,31)(H,32,37). The summed E-state index contributed by atoms with van der Waals surface area (Å²) >= 11 is 0. The van der Waals surface area contributed by atoms with E-state index in [4.69, 9.17) is 15.7 Å². The molecule has 0 bridgehead atoms. The summed E-state index contributed by atoms with van der Waals surface area (Å²) in [5.41, 5.74) is 12.1. The molecule has 37 heavy (non-hydrogen) atoms. The summed E-state index contributed by atoms with van der Waals surface area (Å²) < 4.78 is 2.10. The molecule has 1 aliphatic carbocycles. The highest BCUT2D eigenvalue weighted by Gasteiger charge is 2.27. The molecule has 4 aromatic rings. The van der Waals surface area contributed by atoms with Crippen molar-refractivity contribution in [1.29, 1.82) is 0 Å². The Labute approximate surface area is 216 Å². The van der Waals surface area contributed by atoms with Crippen molar-refractivity contribution in [2.75, 3.05) is 18.8 Å². The molecule has 8 heteroatoms. The van der Waals surface area contributed by atoms with Crippen LogP contribution in [0.25, 0.3) is 28.2 Å². The predicted molar refractivity (Wildman–Crippen MR) is 145 cm³/mol. The largest absolute Gasteiger partial charge is 0.383 e. The highest BCUT2D eigenvalue weighted by Crippen LogP contribution is 2.40. The second kappa shape index (κ2) is 9.78. The van der Waals surface area contributed by atoms with Crippen LogP contribution in [0.2, 0.25) is 0 Å². The Bertz CT molecular complexity index is 1450. The fourth-order valence-corrected chi connectivity index (χ4v) is 5.11. The first kappa shape index (κ1) is 23.4. The number of hydrogen-bond donors (Lipinski definition) is 2. The summed E-state index contributed by atoms with van der Waals surface area (Å²) in [6.07, 6.45) is 7.32. The summed E-state index contributed by atoms with van der Waals surface area (Å²) in [4.78, 5) is 28.3. The lowest BCUT2D eigenvalue weighted by molar-refractivity contribution is -0.117. The summed E-state index contributed by atoms with van der Waals surface area (Å²) in [6, 6.07) is 16.8. The fourth-order valence-electron chi connectivity index (χ4n) is 5.11. The van der Waals surface area contributed by atoms with Gasteiger partial charge < -0.3 is 11.1 Å². The fraction of sp³-hybridized carbons (Fsp3) is 0.310. The van der Waals surface area contributed by atoms with Gasteiger partial charge in [-0.3, -0.25) is 14.3 Å². The van der Waals surface area contributed by atoms with Crippen molar-refractivity contribution in [2.45, 2.75) is 44.2 Å². The highest BCUT2D eigenvalue weighted by molar-refractivity contribution is 5.87. The minimum absolute atomic E-state index is 0.0905. The Morgan fingerprint density at radius 1 is 1.05 bits per heavy atom. The van der Waals surface area contributed by atoms with E-state index in [9.17, 15) is 4.79 Å². The maximum absolute atomic E-state index is 11.6. The molecule has 3 aromatic heterocycles. The summed E-state index contributed by atoms with van der Waals surface area (Å²) in [5.74, 6) is 1.66. The lowest BCUT2D eigenvalue weighted by Crippen LogP contribution is -2.43. The molecule has 0 spiro atoms. The van der Waals surface area contributed by atoms with Crippen LogP contribution in [0.1, 0.15) is 42.9 Å². The number of piperidine rings is 1. The molecule has 8 nitrogen and oxygen atoms in total. The first-order valence-electron chi connectivity index (χ1n) is 12.9. The molecular formula is C29H31N7O. The van der Waals surface area contributed by atoms with Gasteiger partial charge in [0.05, 0.1) is 5.56 Å². The van der Waals surface area contributed by atoms with Gasteiger partial charge in [-0.25, -0.2) is 15.0 Å². The summed E-state index contributed by atoms with van der Waals surface area (Å²) in [6.45, 7) is 6.32. The van der Waals surface area contributed by atoms with Crippen LogP contribution in [-0.4, -0.2) is 49.5 Å². The summed E-state index contributed by atoms with van der Waals surface area (Å²) in [7, 11) is 0. The van der Waals surface area contributed by atoms with E-state index < -0.39 is 0 Å². The number of nitrogens with two attached hydrogens (primary N) is 1. The monoisotopic (exact) mass is 493 g/mol. The average molecular weight is 494 g/mol. The van der Waals surface area contributed by atoms with E-state index in [1.54, 1.807) is 6.20 Å². The van der Waals surface area contributed by atoms with Gasteiger partial charge >= 0.3 is 0 Å². The molecule has 1 saturated heterocycles. The van der Waals surface area contributed by atoms with Crippen LogP contribution >= 0.6 is 0 Å². The quantitative estimate of drug-likeness (QED) is 0.374. The number of carbonyl (C=O) groups is 1. The Hall–Kier alpha value is -4.04. The van der Waals surface area contributed by atoms with Crippen molar-refractivity contribution >= 4 is 22.9 Å². The number of amides is 1. The SMILES string of the molecule is C=CC(=O)NC1CCN(Cc2ccc(-n3c(-c4cccnc4N)nc4ccc(C5CC5)nc43)cc2)CC1. The van der Waals surface area contributed by atoms with Gasteiger partial charge in [-0.05, 0) is 73.7 Å². The third-order valence-electron chi connectivity index (χ3n) is 7.32. The van der Waals surface area contributed by atoms with Crippen LogP contribution in [-0.2, 0) is 11.3 Å². The number of nitrogen functional groups attached to an aromatic ring is 1. The maximum Gasteiger partial charge on any atom is 0.243 e. The molecule has 0 atom stereocenters. The lowest BCUT2D eigenvalue weighted by Gasteiger charge is -2.32. The number of benzene rings is 1. The number of rotatable bonds is 7. The minimum atomic E-state index is -0.0905. The zero-order valence-electron chi connectivity index (χ0n) is 20.8. The van der Waals surface area contributed by atoms with Crippen molar-refractivity contribution in [1.82, 2.24) is 29.7 Å². The van der Waals surface area contributed by atoms with Crippen molar-refractivity contribution in [2.24, 2.45) is 0 Å². The van der Waals surface area contributed by atoms with Crippen LogP contribution in [0.4, 0.5) is 5.82 Å². The molecule has 1 saturated carbocycles. The maximum atomic E-state index is 11.6. The number of fused-ring (bicyclic) bond motifs is 1. The number of nitrogens with zero attached hydrogens (tertiary/aromatic N) is 5. The number of carbonyl (C=O) groups excluding carboxylic acids is 1. The molecule has 2 fully saturated rings. The lowest BCUT2D eigenvalue weighted by atomic mass is 10.0. The van der Waals surface area contributed by atoms with Gasteiger partial charge in [-0.15, -0.1) is 0 Å². The van der Waals surface area contributed by atoms with Gasteiger partial charge in [-0.1, -0.05) is 18.7 Å². The molecule has 1 aromatic carbocycles. The number of anilines is 1. The van der Waals surface area contributed by atoms with E-state index in [1.165, 1.54) is 24.5 Å². The minimum Gasteiger partial charge on any atom is -0.383 e. The Kier molecular flexibility index (Phi) is 6.18. The molecular weight excluding hydrogens is 462 g/mol. The molecule has 6 rings (SSSR count). The molecule has 188 valence electrons. The third kappa shape index (κ3) is 4.84. The molecule has 1 amide bonds. The highest BCUT2D eigenvalue weighted by atomic mass is 16.1. The topological polar surface area (TPSA) is 102 Å². The van der Waals surface area contributed by atoms with E-state index in [1.807, 2.05) is 12.1 Å². The van der Waals surface area contributed by atoms with Gasteiger partial charge in [-0.2, -0.15) is 0 Å². The Balaban J connectivity index is 1.27. The van der Waals surface area contributed by atoms with Crippen molar-refractivity contribution in [3.8, 4) is 17.1 Å². The second-order valence-electron chi connectivity index (χ2n) is 9.99. The molecule has 0 unspecified atom stereocenters. The van der Waals surface area contributed by atoms with Crippen molar-refractivity contribution in [3.63, 3.8) is 0 Å². The van der Waals surface area contributed by atoms with Crippen molar-refractivity contribution in [3.05, 3.63) is 78.6 Å². The van der Waals surface area contributed by atoms with Gasteiger partial charge in [0, 0.05) is 49.2 Å². The van der Waals surface area contributed by atoms with E-state index in [0.29, 0.717) is 11.7 Å². The number of hydrogen-bond acceptors (Lipinski definition) is 6. The molecule has 2 aliphatic rings. The van der Waals surface area contributed by atoms with E-state index >= 15 is 0 Å². The van der Waals surface area contributed by atoms with E-state index in [-0.39, 0.29) is 11.9 Å². The number of nitrogens with one attached hydrogen (secondary N) is 1. The van der Waals surface area contributed by atoms with E-state index in [0.717, 1.165) is 66.4 Å². The Morgan fingerprint density at radius 2 is 1.84 bits per heavy atom. The van der Waals surface area contributed by atoms with E-state index in [2.05, 4.69) is 62.7 Å². The second-order valence-corrected chi connectivity index (χ2v) is 9.99. The predicted octanol–water partition coefficient (Wildman–Crippen LogP) is 4.21. The van der Waals surface area contributed by atoms with Crippen LogP contribution < -0.4 is 11.1 Å². The number of likely N-dealkylation sites (tertiary alicyclic amines) is 1. The van der Waals surface area contributed by atoms with Crippen molar-refractivity contribution < 1.29 is 4.79 Å². The third-order valence-corrected chi connectivity index (χ3v) is 7.32. The van der Waals surface area contributed by atoms with Gasteiger partial charge in [0.25, 0.3) is 0 Å². The molecule has 1 aliphatic heterocycles. The van der Waals surface area contributed by atoms with Crippen LogP contribution in [0.5, 0.6) is 0 Å². The first-order valence-corrected chi connectivity index (χ1v) is 12.9. The molecule has 0 radical (unpaired) electrons. The number of pyridine rings is 2. The summed E-state index contributed by atoms with van der Waals surface area (Å²) in [5, 5.41) is 3.02. The van der Waals surface area contributed by atoms with Gasteiger partial charge in [0.2, 0.25) is 5.91 Å². The molecule has 3 N–H and O–H groups in total. The smallest absolute Gasteiger partial charge is 0.243 e. The van der Waals surface area contributed by atoms with Crippen LogP contribution in [0.3, 0.4) is 0 Å². The molecule has 4 heterocycles. The average Bonchev–Trinajstić information content (AvgIpc) is 3.71. The normalized spacial score (nSPS) is 16.6. The van der Waals surface area contributed by atoms with Gasteiger partial charge in [0.15, 0.2) is 11.5 Å². The zero-order valence-corrected chi connectivity index (χ0v) is 20.8. The van der Waals surface area contributed by atoms with Gasteiger partial charge in [0.1, 0.15) is 11.3 Å². The van der Waals surface area contributed by atoms with Crippen LogP contribution in [0.15, 0.2) is 67.4 Å².